The van der Waals surface area contributed by atoms with E-state index in [1.165, 1.54) is 11.3 Å². The molecule has 1 saturated heterocycles. The molecule has 5 nitrogen and oxygen atoms in total. The Balaban J connectivity index is 1.71. The number of nitrogens with one attached hydrogen (secondary N) is 1. The van der Waals surface area contributed by atoms with Gasteiger partial charge in [0, 0.05) is 26.1 Å². The standard InChI is InChI=1S/C14H19N3O2S/c1-2-5-14(19)9-17(10-14)6-3-12(18)16-13-11(8-15)4-7-20-13/h4,7,19H,2-3,5-6,9-10H2,1H3,(H,16,18). The fourth-order valence-corrected chi connectivity index (χ4v) is 3.26. The fraction of sp³-hybridized carbons (Fsp3) is 0.571. The Morgan fingerprint density at radius 2 is 2.40 bits per heavy atom. The molecule has 1 aliphatic rings. The van der Waals surface area contributed by atoms with E-state index in [0.29, 0.717) is 36.6 Å². The quantitative estimate of drug-likeness (QED) is 0.838. The molecule has 1 fully saturated rings. The average molecular weight is 293 g/mol. The van der Waals surface area contributed by atoms with Crippen molar-refractivity contribution in [3.05, 3.63) is 17.0 Å². The second-order valence-corrected chi connectivity index (χ2v) is 6.17. The Labute approximate surface area is 122 Å². The number of carbonyl (C=O) groups is 1. The first-order valence-electron chi connectivity index (χ1n) is 6.78. The van der Waals surface area contributed by atoms with Crippen molar-refractivity contribution in [3.63, 3.8) is 0 Å². The number of β-amino-alcohol motifs (C(OH)–C–C–N with tert-alkyl or cyclic N) is 1. The Morgan fingerprint density at radius 3 is 3.05 bits per heavy atom. The molecule has 0 atom stereocenters. The summed E-state index contributed by atoms with van der Waals surface area (Å²) in [6.45, 7) is 4.00. The van der Waals surface area contributed by atoms with E-state index in [9.17, 15) is 9.90 Å². The Morgan fingerprint density at radius 1 is 1.65 bits per heavy atom. The summed E-state index contributed by atoms with van der Waals surface area (Å²) >= 11 is 1.35. The van der Waals surface area contributed by atoms with Crippen molar-refractivity contribution in [1.82, 2.24) is 4.90 Å². The van der Waals surface area contributed by atoms with Crippen molar-refractivity contribution >= 4 is 22.2 Å². The van der Waals surface area contributed by atoms with Gasteiger partial charge in [-0.3, -0.25) is 9.69 Å². The van der Waals surface area contributed by atoms with E-state index in [2.05, 4.69) is 17.1 Å². The molecule has 0 saturated carbocycles. The Kier molecular flexibility index (Phi) is 4.76. The third-order valence-corrected chi connectivity index (χ3v) is 4.27. The highest BCUT2D eigenvalue weighted by Gasteiger charge is 2.39. The number of anilines is 1. The van der Waals surface area contributed by atoms with E-state index in [1.807, 2.05) is 6.07 Å². The molecular weight excluding hydrogens is 274 g/mol. The highest BCUT2D eigenvalue weighted by molar-refractivity contribution is 7.14. The van der Waals surface area contributed by atoms with E-state index >= 15 is 0 Å². The van der Waals surface area contributed by atoms with Crippen LogP contribution in [0.4, 0.5) is 5.00 Å². The van der Waals surface area contributed by atoms with E-state index < -0.39 is 5.60 Å². The minimum atomic E-state index is -0.549. The summed E-state index contributed by atoms with van der Waals surface area (Å²) in [7, 11) is 0. The number of rotatable bonds is 6. The lowest BCUT2D eigenvalue weighted by Crippen LogP contribution is -2.61. The van der Waals surface area contributed by atoms with E-state index in [0.717, 1.165) is 12.8 Å². The molecule has 1 aromatic rings. The second-order valence-electron chi connectivity index (χ2n) is 5.26. The lowest BCUT2D eigenvalue weighted by Gasteiger charge is -2.46. The van der Waals surface area contributed by atoms with Crippen molar-refractivity contribution in [1.29, 1.82) is 5.26 Å². The zero-order valence-corrected chi connectivity index (χ0v) is 12.4. The van der Waals surface area contributed by atoms with Crippen molar-refractivity contribution in [3.8, 4) is 6.07 Å². The summed E-state index contributed by atoms with van der Waals surface area (Å²) in [5.74, 6) is -0.0881. The monoisotopic (exact) mass is 293 g/mol. The summed E-state index contributed by atoms with van der Waals surface area (Å²) in [6, 6.07) is 3.74. The van der Waals surface area contributed by atoms with Crippen molar-refractivity contribution in [2.45, 2.75) is 31.8 Å². The van der Waals surface area contributed by atoms with Gasteiger partial charge >= 0.3 is 0 Å². The molecule has 2 heterocycles. The maximum absolute atomic E-state index is 11.8. The highest BCUT2D eigenvalue weighted by Crippen LogP contribution is 2.26. The first kappa shape index (κ1) is 15.0. The zero-order valence-electron chi connectivity index (χ0n) is 11.6. The number of hydrogen-bond donors (Lipinski definition) is 2. The number of likely N-dealkylation sites (tertiary alicyclic amines) is 1. The maximum atomic E-state index is 11.8. The predicted octanol–water partition coefficient (Wildman–Crippen LogP) is 1.80. The maximum Gasteiger partial charge on any atom is 0.226 e. The summed E-state index contributed by atoms with van der Waals surface area (Å²) in [4.78, 5) is 13.9. The van der Waals surface area contributed by atoms with Gasteiger partial charge in [0.25, 0.3) is 0 Å². The normalized spacial score (nSPS) is 17.2. The lowest BCUT2D eigenvalue weighted by molar-refractivity contribution is -0.121. The third-order valence-electron chi connectivity index (χ3n) is 3.44. The minimum Gasteiger partial charge on any atom is -0.387 e. The van der Waals surface area contributed by atoms with Crippen LogP contribution < -0.4 is 5.32 Å². The van der Waals surface area contributed by atoms with Crippen LogP contribution in [0.1, 0.15) is 31.7 Å². The van der Waals surface area contributed by atoms with E-state index in [-0.39, 0.29) is 5.91 Å². The molecule has 0 bridgehead atoms. The summed E-state index contributed by atoms with van der Waals surface area (Å²) in [6.07, 6.45) is 2.17. The molecule has 1 aromatic heterocycles. The van der Waals surface area contributed by atoms with Gasteiger partial charge in [-0.25, -0.2) is 0 Å². The second kappa shape index (κ2) is 6.35. The average Bonchev–Trinajstić information content (AvgIpc) is 2.81. The summed E-state index contributed by atoms with van der Waals surface area (Å²) in [5, 5.41) is 24.1. The van der Waals surface area contributed by atoms with Gasteiger partial charge in [-0.15, -0.1) is 11.3 Å². The van der Waals surface area contributed by atoms with Gasteiger partial charge in [0.1, 0.15) is 11.1 Å². The van der Waals surface area contributed by atoms with Gasteiger partial charge in [-0.1, -0.05) is 13.3 Å². The van der Waals surface area contributed by atoms with E-state index in [4.69, 9.17) is 5.26 Å². The topological polar surface area (TPSA) is 76.4 Å². The number of amides is 1. The number of nitriles is 1. The van der Waals surface area contributed by atoms with Gasteiger partial charge in [0.2, 0.25) is 5.91 Å². The molecule has 0 aliphatic carbocycles. The first-order chi connectivity index (χ1) is 9.56. The Hall–Kier alpha value is -1.42. The molecule has 0 aromatic carbocycles. The van der Waals surface area contributed by atoms with Crippen LogP contribution in [-0.2, 0) is 4.79 Å². The molecule has 6 heteroatoms. The number of carbonyl (C=O) groups excluding carboxylic acids is 1. The zero-order chi connectivity index (χ0) is 14.6. The van der Waals surface area contributed by atoms with Crippen LogP contribution in [0, 0.1) is 11.3 Å². The molecule has 0 spiro atoms. The summed E-state index contributed by atoms with van der Waals surface area (Å²) < 4.78 is 0. The predicted molar refractivity (Wildman–Crippen MR) is 78.6 cm³/mol. The molecule has 2 N–H and O–H groups in total. The minimum absolute atomic E-state index is 0.0881. The van der Waals surface area contributed by atoms with Crippen LogP contribution in [0.3, 0.4) is 0 Å². The number of thiophene rings is 1. The van der Waals surface area contributed by atoms with Crippen molar-refractivity contribution < 1.29 is 9.90 Å². The van der Waals surface area contributed by atoms with Crippen LogP contribution in [0.25, 0.3) is 0 Å². The molecule has 108 valence electrons. The van der Waals surface area contributed by atoms with Gasteiger partial charge in [-0.05, 0) is 17.9 Å². The molecule has 0 radical (unpaired) electrons. The van der Waals surface area contributed by atoms with Gasteiger partial charge < -0.3 is 10.4 Å². The van der Waals surface area contributed by atoms with Gasteiger partial charge in [0.05, 0.1) is 11.2 Å². The SMILES string of the molecule is CCCC1(O)CN(CCC(=O)Nc2sccc2C#N)C1. The molecule has 0 unspecified atom stereocenters. The van der Waals surface area contributed by atoms with E-state index in [1.54, 1.807) is 11.4 Å². The van der Waals surface area contributed by atoms with Crippen LogP contribution in [0.2, 0.25) is 0 Å². The third kappa shape index (κ3) is 3.57. The highest BCUT2D eigenvalue weighted by atomic mass is 32.1. The van der Waals surface area contributed by atoms with Crippen LogP contribution >= 0.6 is 11.3 Å². The molecular formula is C14H19N3O2S. The largest absolute Gasteiger partial charge is 0.387 e. The van der Waals surface area contributed by atoms with Crippen molar-refractivity contribution in [2.24, 2.45) is 0 Å². The number of aliphatic hydroxyl groups is 1. The van der Waals surface area contributed by atoms with Crippen molar-refractivity contribution in [2.75, 3.05) is 25.0 Å². The molecule has 2 rings (SSSR count). The molecule has 1 aliphatic heterocycles. The molecule has 1 amide bonds. The Bertz CT molecular complexity index is 515. The van der Waals surface area contributed by atoms with Gasteiger partial charge in [-0.2, -0.15) is 5.26 Å². The van der Waals surface area contributed by atoms with Crippen LogP contribution in [0.15, 0.2) is 11.4 Å². The van der Waals surface area contributed by atoms with Gasteiger partial charge in [0.15, 0.2) is 0 Å². The smallest absolute Gasteiger partial charge is 0.226 e. The summed E-state index contributed by atoms with van der Waals surface area (Å²) in [5.41, 5.74) is -0.0444. The lowest BCUT2D eigenvalue weighted by atomic mass is 9.89. The van der Waals surface area contributed by atoms with Crippen LogP contribution in [-0.4, -0.2) is 41.1 Å². The number of nitrogens with zero attached hydrogens (tertiary/aromatic N) is 2. The molecule has 20 heavy (non-hydrogen) atoms. The first-order valence-corrected chi connectivity index (χ1v) is 7.66. The fourth-order valence-electron chi connectivity index (χ4n) is 2.51. The number of hydrogen-bond acceptors (Lipinski definition) is 5. The van der Waals surface area contributed by atoms with Crippen LogP contribution in [0.5, 0.6) is 0 Å².